The third-order valence-electron chi connectivity index (χ3n) is 5.68. The third kappa shape index (κ3) is 5.85. The fourth-order valence-electron chi connectivity index (χ4n) is 4.10. The lowest BCUT2D eigenvalue weighted by Crippen LogP contribution is -2.38. The molecule has 2 atom stereocenters. The second kappa shape index (κ2) is 10.1. The summed E-state index contributed by atoms with van der Waals surface area (Å²) in [6.07, 6.45) is 7.23. The first-order valence-electron chi connectivity index (χ1n) is 11.2. The number of aromatic nitrogens is 2. The molecule has 1 fully saturated rings. The number of anilines is 2. The average molecular weight is 444 g/mol. The van der Waals surface area contributed by atoms with E-state index in [9.17, 15) is 4.79 Å². The molecule has 4 rings (SSSR count). The number of benzene rings is 2. The number of rotatable bonds is 6. The van der Waals surface area contributed by atoms with Crippen molar-refractivity contribution in [3.05, 3.63) is 65.7 Å². The van der Waals surface area contributed by atoms with Crippen molar-refractivity contribution in [2.75, 3.05) is 10.6 Å². The number of carbonyl (C=O) groups excluding carboxylic acids is 1. The molecule has 3 aromatic rings. The van der Waals surface area contributed by atoms with Crippen molar-refractivity contribution in [1.82, 2.24) is 9.97 Å². The molecule has 8 heteroatoms. The van der Waals surface area contributed by atoms with Gasteiger partial charge in [0.15, 0.2) is 5.96 Å². The van der Waals surface area contributed by atoms with Crippen molar-refractivity contribution in [3.63, 3.8) is 0 Å². The smallest absolute Gasteiger partial charge is 0.250 e. The Hall–Kier alpha value is -3.94. The van der Waals surface area contributed by atoms with E-state index in [0.717, 1.165) is 47.7 Å². The monoisotopic (exact) mass is 443 g/mol. The van der Waals surface area contributed by atoms with E-state index in [0.29, 0.717) is 5.82 Å². The van der Waals surface area contributed by atoms with Crippen LogP contribution in [0.1, 0.15) is 36.8 Å². The van der Waals surface area contributed by atoms with Gasteiger partial charge >= 0.3 is 0 Å². The number of carbonyl (C=O) groups is 1. The predicted octanol–water partition coefficient (Wildman–Crippen LogP) is 3.59. The molecule has 2 aromatic carbocycles. The molecule has 1 saturated carbocycles. The summed E-state index contributed by atoms with van der Waals surface area (Å²) >= 11 is 0. The Morgan fingerprint density at radius 3 is 2.67 bits per heavy atom. The van der Waals surface area contributed by atoms with Crippen molar-refractivity contribution in [3.8, 4) is 0 Å². The van der Waals surface area contributed by atoms with Gasteiger partial charge in [-0.15, -0.1) is 0 Å². The van der Waals surface area contributed by atoms with Crippen LogP contribution in [0, 0.1) is 6.92 Å². The molecule has 0 spiro atoms. The molecule has 2 unspecified atom stereocenters. The molecule has 1 heterocycles. The van der Waals surface area contributed by atoms with Gasteiger partial charge in [-0.2, -0.15) is 4.98 Å². The van der Waals surface area contributed by atoms with Crippen molar-refractivity contribution < 1.29 is 4.79 Å². The van der Waals surface area contributed by atoms with E-state index in [1.54, 1.807) is 6.08 Å². The Balaban J connectivity index is 1.61. The lowest BCUT2D eigenvalue weighted by atomic mass is 9.90. The van der Waals surface area contributed by atoms with Crippen LogP contribution in [-0.2, 0) is 4.79 Å². The van der Waals surface area contributed by atoms with Gasteiger partial charge in [0.2, 0.25) is 5.95 Å². The molecular weight excluding hydrogens is 414 g/mol. The standard InChI is InChI=1S/C25H29N7O/c1-16-11-13-19-18(15-16)23(28-20-9-5-6-10-21(20)29-24(26)27)32-25(30-19)31-22(33)14-12-17-7-3-2-4-8-17/h2-4,7-8,11-15,20-21H,5-6,9-10H2,1H3,(H4,26,27,29)(H2,28,30,31,32,33). The van der Waals surface area contributed by atoms with E-state index in [-0.39, 0.29) is 29.9 Å². The van der Waals surface area contributed by atoms with Gasteiger partial charge < -0.3 is 16.8 Å². The van der Waals surface area contributed by atoms with Crippen LogP contribution < -0.4 is 22.1 Å². The number of nitrogens with one attached hydrogen (secondary N) is 2. The van der Waals surface area contributed by atoms with E-state index < -0.39 is 0 Å². The van der Waals surface area contributed by atoms with Gasteiger partial charge in [-0.1, -0.05) is 54.8 Å². The first-order chi connectivity index (χ1) is 16.0. The van der Waals surface area contributed by atoms with Crippen LogP contribution in [0.4, 0.5) is 11.8 Å². The number of nitrogens with two attached hydrogens (primary N) is 2. The number of nitrogens with zero attached hydrogens (tertiary/aromatic N) is 3. The van der Waals surface area contributed by atoms with Gasteiger partial charge in [0, 0.05) is 11.5 Å². The average Bonchev–Trinajstić information content (AvgIpc) is 2.80. The minimum Gasteiger partial charge on any atom is -0.370 e. The molecule has 1 amide bonds. The van der Waals surface area contributed by atoms with Gasteiger partial charge in [0.25, 0.3) is 5.91 Å². The number of amides is 1. The molecule has 0 radical (unpaired) electrons. The van der Waals surface area contributed by atoms with E-state index in [4.69, 9.17) is 11.5 Å². The van der Waals surface area contributed by atoms with Gasteiger partial charge in [-0.05, 0) is 43.5 Å². The molecular formula is C25H29N7O. The molecule has 1 aliphatic carbocycles. The molecule has 1 aliphatic rings. The minimum absolute atomic E-state index is 0.0228. The second-order valence-corrected chi connectivity index (χ2v) is 8.31. The number of fused-ring (bicyclic) bond motifs is 1. The quantitative estimate of drug-likeness (QED) is 0.262. The summed E-state index contributed by atoms with van der Waals surface area (Å²) in [6, 6.07) is 15.6. The Bertz CT molecular complexity index is 1190. The van der Waals surface area contributed by atoms with Gasteiger partial charge in [0.1, 0.15) is 5.82 Å². The van der Waals surface area contributed by atoms with Crippen molar-refractivity contribution in [1.29, 1.82) is 0 Å². The molecule has 0 saturated heterocycles. The Labute approximate surface area is 193 Å². The van der Waals surface area contributed by atoms with Crippen LogP contribution in [0.25, 0.3) is 17.0 Å². The maximum Gasteiger partial charge on any atom is 0.250 e. The van der Waals surface area contributed by atoms with E-state index in [2.05, 4.69) is 25.6 Å². The number of hydrogen-bond donors (Lipinski definition) is 4. The maximum atomic E-state index is 12.5. The largest absolute Gasteiger partial charge is 0.370 e. The fraction of sp³-hybridized carbons (Fsp3) is 0.280. The summed E-state index contributed by atoms with van der Waals surface area (Å²) in [5.74, 6) is 0.696. The number of aryl methyl sites for hydroxylation is 1. The SMILES string of the molecule is Cc1ccc2nc(NC(=O)C=Cc3ccccc3)nc(NC3CCCCC3N=C(N)N)c2c1. The topological polar surface area (TPSA) is 131 Å². The van der Waals surface area contributed by atoms with Gasteiger partial charge in [-0.25, -0.2) is 9.98 Å². The summed E-state index contributed by atoms with van der Waals surface area (Å²) in [6.45, 7) is 2.02. The Morgan fingerprint density at radius 1 is 1.09 bits per heavy atom. The van der Waals surface area contributed by atoms with Crippen LogP contribution in [0.3, 0.4) is 0 Å². The van der Waals surface area contributed by atoms with Crippen LogP contribution in [0.15, 0.2) is 59.6 Å². The fourth-order valence-corrected chi connectivity index (χ4v) is 4.10. The minimum atomic E-state index is -0.299. The number of hydrogen-bond acceptors (Lipinski definition) is 5. The molecule has 33 heavy (non-hydrogen) atoms. The van der Waals surface area contributed by atoms with Crippen LogP contribution in [-0.4, -0.2) is 33.9 Å². The zero-order valence-corrected chi connectivity index (χ0v) is 18.7. The zero-order valence-electron chi connectivity index (χ0n) is 18.7. The van der Waals surface area contributed by atoms with Gasteiger partial charge in [0.05, 0.1) is 17.6 Å². The second-order valence-electron chi connectivity index (χ2n) is 8.31. The van der Waals surface area contributed by atoms with Crippen LogP contribution in [0.5, 0.6) is 0 Å². The molecule has 1 aromatic heterocycles. The van der Waals surface area contributed by atoms with Crippen molar-refractivity contribution in [2.45, 2.75) is 44.7 Å². The number of guanidine groups is 1. The van der Waals surface area contributed by atoms with Crippen molar-refractivity contribution >= 4 is 40.6 Å². The number of aliphatic imine (C=N–C) groups is 1. The lowest BCUT2D eigenvalue weighted by molar-refractivity contribution is -0.111. The first kappa shape index (κ1) is 22.3. The molecule has 6 N–H and O–H groups in total. The third-order valence-corrected chi connectivity index (χ3v) is 5.68. The highest BCUT2D eigenvalue weighted by Gasteiger charge is 2.26. The zero-order chi connectivity index (χ0) is 23.2. The van der Waals surface area contributed by atoms with E-state index in [1.807, 2.05) is 55.5 Å². The van der Waals surface area contributed by atoms with Crippen molar-refractivity contribution in [2.24, 2.45) is 16.5 Å². The molecule has 170 valence electrons. The summed E-state index contributed by atoms with van der Waals surface area (Å²) in [5.41, 5.74) is 14.1. The molecule has 8 nitrogen and oxygen atoms in total. The van der Waals surface area contributed by atoms with Crippen LogP contribution in [0.2, 0.25) is 0 Å². The predicted molar refractivity (Wildman–Crippen MR) is 134 cm³/mol. The van der Waals surface area contributed by atoms with E-state index >= 15 is 0 Å². The van der Waals surface area contributed by atoms with Crippen LogP contribution >= 0.6 is 0 Å². The first-order valence-corrected chi connectivity index (χ1v) is 11.2. The molecule has 0 bridgehead atoms. The summed E-state index contributed by atoms with van der Waals surface area (Å²) < 4.78 is 0. The maximum absolute atomic E-state index is 12.5. The normalized spacial score (nSPS) is 18.2. The molecule has 0 aliphatic heterocycles. The van der Waals surface area contributed by atoms with E-state index in [1.165, 1.54) is 6.08 Å². The summed E-state index contributed by atoms with van der Waals surface area (Å²) in [4.78, 5) is 26.1. The lowest BCUT2D eigenvalue weighted by Gasteiger charge is -2.30. The summed E-state index contributed by atoms with van der Waals surface area (Å²) in [5, 5.41) is 7.21. The highest BCUT2D eigenvalue weighted by molar-refractivity contribution is 6.02. The highest BCUT2D eigenvalue weighted by Crippen LogP contribution is 2.28. The van der Waals surface area contributed by atoms with Gasteiger partial charge in [-0.3, -0.25) is 10.1 Å². The Morgan fingerprint density at radius 2 is 1.88 bits per heavy atom. The Kier molecular flexibility index (Phi) is 6.83. The highest BCUT2D eigenvalue weighted by atomic mass is 16.1. The summed E-state index contributed by atoms with van der Waals surface area (Å²) in [7, 11) is 0.